The Morgan fingerprint density at radius 1 is 0.581 bits per heavy atom. The average molecular weight is 427 g/mol. The number of aromatic amines is 1. The summed E-state index contributed by atoms with van der Waals surface area (Å²) in [5.74, 6) is -4.07. The molecular weight excluding hydrogens is 406 g/mol. The van der Waals surface area contributed by atoms with Crippen molar-refractivity contribution in [2.45, 2.75) is 13.8 Å². The van der Waals surface area contributed by atoms with Crippen LogP contribution in [0, 0.1) is 0 Å². The Balaban J connectivity index is 0.000000519. The molecule has 0 unspecified atom stereocenters. The maximum absolute atomic E-state index is 11.6. The maximum Gasteiger partial charge on any atom is 0.352 e. The summed E-state index contributed by atoms with van der Waals surface area (Å²) in [6, 6.07) is 17.8. The molecule has 9 heteroatoms. The van der Waals surface area contributed by atoms with Crippen molar-refractivity contribution in [3.63, 3.8) is 0 Å². The highest BCUT2D eigenvalue weighted by Gasteiger charge is 2.26. The van der Waals surface area contributed by atoms with E-state index in [1.165, 1.54) is 0 Å². The number of carboxylic acid groups (broad SMARTS) is 4. The van der Waals surface area contributed by atoms with E-state index in [9.17, 15) is 19.8 Å². The van der Waals surface area contributed by atoms with Crippen molar-refractivity contribution >= 4 is 23.9 Å². The molecule has 0 amide bonds. The summed E-state index contributed by atoms with van der Waals surface area (Å²) in [4.78, 5) is 43.7. The number of H-pyrrole nitrogens is 1. The third-order valence-corrected chi connectivity index (χ3v) is 3.55. The Bertz CT molecular complexity index is 964. The summed E-state index contributed by atoms with van der Waals surface area (Å²) >= 11 is 0. The van der Waals surface area contributed by atoms with Gasteiger partial charge in [-0.15, -0.1) is 0 Å². The Labute approximate surface area is 177 Å². The van der Waals surface area contributed by atoms with Crippen molar-refractivity contribution in [1.29, 1.82) is 0 Å². The smallest absolute Gasteiger partial charge is 0.352 e. The molecule has 0 atom stereocenters. The molecule has 0 aliphatic rings. The van der Waals surface area contributed by atoms with Crippen molar-refractivity contribution in [3.05, 3.63) is 72.1 Å². The molecule has 5 N–H and O–H groups in total. The Hall–Kier alpha value is -4.40. The van der Waals surface area contributed by atoms with Gasteiger partial charge in [-0.3, -0.25) is 9.59 Å². The molecule has 3 rings (SSSR count). The van der Waals surface area contributed by atoms with Gasteiger partial charge in [0, 0.05) is 25.0 Å². The minimum Gasteiger partial charge on any atom is -0.481 e. The topological polar surface area (TPSA) is 165 Å². The zero-order valence-corrected chi connectivity index (χ0v) is 16.7. The average Bonchev–Trinajstić information content (AvgIpc) is 3.10. The van der Waals surface area contributed by atoms with E-state index in [2.05, 4.69) is 4.98 Å². The summed E-state index contributed by atoms with van der Waals surface area (Å²) in [6.07, 6.45) is 0. The van der Waals surface area contributed by atoms with E-state index in [0.717, 1.165) is 13.8 Å². The van der Waals surface area contributed by atoms with Crippen molar-refractivity contribution in [1.82, 2.24) is 4.98 Å². The second-order valence-electron chi connectivity index (χ2n) is 6.01. The van der Waals surface area contributed by atoms with Gasteiger partial charge in [0.2, 0.25) is 0 Å². The number of aliphatic carboxylic acids is 2. The van der Waals surface area contributed by atoms with Gasteiger partial charge in [0.25, 0.3) is 11.9 Å². The zero-order valence-electron chi connectivity index (χ0n) is 16.7. The van der Waals surface area contributed by atoms with Crippen molar-refractivity contribution in [2.75, 3.05) is 0 Å². The number of carbonyl (C=O) groups is 4. The normalized spacial score (nSPS) is 9.35. The lowest BCUT2D eigenvalue weighted by molar-refractivity contribution is -0.135. The molecule has 0 aliphatic carbocycles. The van der Waals surface area contributed by atoms with Crippen molar-refractivity contribution in [3.8, 4) is 22.3 Å². The van der Waals surface area contributed by atoms with E-state index < -0.39 is 23.9 Å². The molecule has 31 heavy (non-hydrogen) atoms. The van der Waals surface area contributed by atoms with Crippen LogP contribution in [-0.4, -0.2) is 49.3 Å². The van der Waals surface area contributed by atoms with Gasteiger partial charge in [-0.1, -0.05) is 60.7 Å². The summed E-state index contributed by atoms with van der Waals surface area (Å²) in [5, 5.41) is 33.8. The lowest BCUT2D eigenvalue weighted by Crippen LogP contribution is -2.01. The Kier molecular flexibility index (Phi) is 9.19. The Morgan fingerprint density at radius 3 is 1.06 bits per heavy atom. The van der Waals surface area contributed by atoms with E-state index >= 15 is 0 Å². The van der Waals surface area contributed by atoms with Crippen LogP contribution in [0.5, 0.6) is 0 Å². The van der Waals surface area contributed by atoms with Crippen LogP contribution in [0.15, 0.2) is 60.7 Å². The summed E-state index contributed by atoms with van der Waals surface area (Å²) in [7, 11) is 0. The van der Waals surface area contributed by atoms with Gasteiger partial charge in [0.1, 0.15) is 11.4 Å². The second-order valence-corrected chi connectivity index (χ2v) is 6.01. The SMILES string of the molecule is CC(=O)O.CC(=O)O.O=C(O)c1[nH]c(C(=O)O)c(-c2ccccc2)c1-c1ccccc1. The van der Waals surface area contributed by atoms with Crippen LogP contribution in [0.25, 0.3) is 22.3 Å². The second kappa shape index (κ2) is 11.6. The first-order valence-electron chi connectivity index (χ1n) is 8.78. The minimum atomic E-state index is -1.20. The fraction of sp³-hybridized carbons (Fsp3) is 0.0909. The molecular formula is C22H21NO8. The van der Waals surface area contributed by atoms with E-state index in [1.807, 2.05) is 12.1 Å². The number of benzene rings is 2. The summed E-state index contributed by atoms with van der Waals surface area (Å²) < 4.78 is 0. The zero-order chi connectivity index (χ0) is 23.6. The number of carboxylic acids is 4. The lowest BCUT2D eigenvalue weighted by atomic mass is 9.95. The largest absolute Gasteiger partial charge is 0.481 e. The number of hydrogen-bond donors (Lipinski definition) is 5. The van der Waals surface area contributed by atoms with Crippen molar-refractivity contribution in [2.24, 2.45) is 0 Å². The molecule has 0 radical (unpaired) electrons. The maximum atomic E-state index is 11.6. The van der Waals surface area contributed by atoms with Crippen LogP contribution >= 0.6 is 0 Å². The van der Waals surface area contributed by atoms with Gasteiger partial charge in [-0.25, -0.2) is 9.59 Å². The molecule has 162 valence electrons. The molecule has 0 aliphatic heterocycles. The van der Waals surface area contributed by atoms with Crippen LogP contribution in [0.3, 0.4) is 0 Å². The third kappa shape index (κ3) is 7.50. The minimum absolute atomic E-state index is 0.132. The van der Waals surface area contributed by atoms with E-state index in [-0.39, 0.29) is 11.4 Å². The molecule has 2 aromatic carbocycles. The first-order chi connectivity index (χ1) is 14.6. The van der Waals surface area contributed by atoms with Crippen LogP contribution in [0.2, 0.25) is 0 Å². The predicted molar refractivity (Wildman–Crippen MR) is 112 cm³/mol. The molecule has 0 saturated carbocycles. The quantitative estimate of drug-likeness (QED) is 0.418. The highest BCUT2D eigenvalue weighted by atomic mass is 16.4. The third-order valence-electron chi connectivity index (χ3n) is 3.55. The monoisotopic (exact) mass is 427 g/mol. The number of aromatic nitrogens is 1. The summed E-state index contributed by atoms with van der Waals surface area (Å²) in [5.41, 5.74) is 1.78. The highest BCUT2D eigenvalue weighted by molar-refractivity contribution is 6.07. The van der Waals surface area contributed by atoms with E-state index in [1.54, 1.807) is 48.5 Å². The lowest BCUT2D eigenvalue weighted by Gasteiger charge is -2.07. The molecule has 0 bridgehead atoms. The molecule has 3 aromatic rings. The van der Waals surface area contributed by atoms with Crippen LogP contribution < -0.4 is 0 Å². The number of rotatable bonds is 4. The van der Waals surface area contributed by atoms with Gasteiger partial charge in [0.05, 0.1) is 0 Å². The van der Waals surface area contributed by atoms with Crippen LogP contribution in [0.1, 0.15) is 34.8 Å². The summed E-state index contributed by atoms with van der Waals surface area (Å²) in [6.45, 7) is 2.17. The Morgan fingerprint density at radius 2 is 0.839 bits per heavy atom. The fourth-order valence-electron chi connectivity index (χ4n) is 2.61. The van der Waals surface area contributed by atoms with Gasteiger partial charge in [0.15, 0.2) is 0 Å². The van der Waals surface area contributed by atoms with Crippen LogP contribution in [0.4, 0.5) is 0 Å². The number of aromatic carboxylic acids is 2. The molecule has 1 aromatic heterocycles. The molecule has 0 spiro atoms. The first-order valence-corrected chi connectivity index (χ1v) is 8.78. The number of hydrogen-bond acceptors (Lipinski definition) is 4. The molecule has 0 saturated heterocycles. The standard InChI is InChI=1S/C18H13NO4.2C2H4O2/c20-17(21)15-13(11-7-3-1-4-8-11)14(16(19-15)18(22)23)12-9-5-2-6-10-12;2*1-2(3)4/h1-10,19H,(H,20,21)(H,22,23);2*1H3,(H,3,4). The molecule has 0 fully saturated rings. The molecule has 9 nitrogen and oxygen atoms in total. The van der Waals surface area contributed by atoms with Gasteiger partial charge >= 0.3 is 11.9 Å². The fourth-order valence-corrected chi connectivity index (χ4v) is 2.61. The number of nitrogens with one attached hydrogen (secondary N) is 1. The van der Waals surface area contributed by atoms with E-state index in [0.29, 0.717) is 22.3 Å². The van der Waals surface area contributed by atoms with Gasteiger partial charge in [-0.2, -0.15) is 0 Å². The van der Waals surface area contributed by atoms with Gasteiger partial charge in [-0.05, 0) is 11.1 Å². The van der Waals surface area contributed by atoms with Gasteiger partial charge < -0.3 is 25.4 Å². The first kappa shape index (κ1) is 24.6. The highest BCUT2D eigenvalue weighted by Crippen LogP contribution is 2.38. The predicted octanol–water partition coefficient (Wildman–Crippen LogP) is 3.93. The van der Waals surface area contributed by atoms with Crippen molar-refractivity contribution < 1.29 is 39.6 Å². The van der Waals surface area contributed by atoms with E-state index in [4.69, 9.17) is 19.8 Å². The van der Waals surface area contributed by atoms with Crippen LogP contribution in [-0.2, 0) is 9.59 Å². The molecule has 1 heterocycles.